The minimum Gasteiger partial charge on any atom is -0.390 e. The fraction of sp³-hybridized carbons (Fsp3) is 0.714. The molecule has 19 heavy (non-hydrogen) atoms. The number of nitrogens with zero attached hydrogens (tertiary/aromatic N) is 2. The minimum absolute atomic E-state index is 0.244. The van der Waals surface area contributed by atoms with Gasteiger partial charge < -0.3 is 15.3 Å². The molecule has 2 heterocycles. The Labute approximate surface area is 120 Å². The molecular weight excluding hydrogens is 258 g/mol. The molecule has 1 aromatic rings. The van der Waals surface area contributed by atoms with Gasteiger partial charge in [-0.3, -0.25) is 4.90 Å². The number of thiophene rings is 1. The highest BCUT2D eigenvalue weighted by atomic mass is 32.1. The summed E-state index contributed by atoms with van der Waals surface area (Å²) in [6.45, 7) is 6.76. The van der Waals surface area contributed by atoms with E-state index in [0.29, 0.717) is 0 Å². The van der Waals surface area contributed by atoms with Gasteiger partial charge in [0.1, 0.15) is 0 Å². The average molecular weight is 283 g/mol. The molecular formula is C14H25N3OS. The molecule has 0 saturated carbocycles. The summed E-state index contributed by atoms with van der Waals surface area (Å²) in [7, 11) is 2.09. The lowest BCUT2D eigenvalue weighted by atomic mass is 10.2. The molecule has 1 unspecified atom stereocenters. The maximum Gasteiger partial charge on any atom is 0.0793 e. The number of piperazine rings is 1. The Morgan fingerprint density at radius 1 is 1.47 bits per heavy atom. The lowest BCUT2D eigenvalue weighted by molar-refractivity contribution is 0.0774. The van der Waals surface area contributed by atoms with Crippen molar-refractivity contribution >= 4 is 11.3 Å². The van der Waals surface area contributed by atoms with Gasteiger partial charge in [0.2, 0.25) is 0 Å². The lowest BCUT2D eigenvalue weighted by Gasteiger charge is -2.30. The van der Waals surface area contributed by atoms with E-state index in [9.17, 15) is 5.11 Å². The summed E-state index contributed by atoms with van der Waals surface area (Å²) in [5.74, 6) is 0. The van der Waals surface area contributed by atoms with E-state index < -0.39 is 0 Å². The van der Waals surface area contributed by atoms with Gasteiger partial charge in [-0.05, 0) is 24.9 Å². The molecule has 1 atom stereocenters. The van der Waals surface area contributed by atoms with E-state index in [4.69, 9.17) is 0 Å². The third-order valence-corrected chi connectivity index (χ3v) is 4.46. The van der Waals surface area contributed by atoms with E-state index in [1.165, 1.54) is 4.88 Å². The third kappa shape index (κ3) is 5.58. The quantitative estimate of drug-likeness (QED) is 0.764. The van der Waals surface area contributed by atoms with Crippen LogP contribution in [0.5, 0.6) is 0 Å². The fourth-order valence-corrected chi connectivity index (χ4v) is 3.15. The zero-order chi connectivity index (χ0) is 13.5. The molecule has 5 heteroatoms. The molecule has 0 aromatic carbocycles. The van der Waals surface area contributed by atoms with Gasteiger partial charge in [0.15, 0.2) is 0 Å². The molecule has 0 spiro atoms. The minimum atomic E-state index is -0.244. The van der Waals surface area contributed by atoms with Crippen molar-refractivity contribution in [2.24, 2.45) is 0 Å². The molecule has 1 aliphatic heterocycles. The number of aliphatic hydroxyl groups is 1. The highest BCUT2D eigenvalue weighted by Gasteiger charge is 2.15. The Kier molecular flexibility index (Phi) is 6.26. The van der Waals surface area contributed by atoms with Crippen molar-refractivity contribution in [1.82, 2.24) is 15.1 Å². The fourth-order valence-electron chi connectivity index (χ4n) is 2.46. The number of rotatable bonds is 7. The Balaban J connectivity index is 1.62. The Bertz CT molecular complexity index is 338. The van der Waals surface area contributed by atoms with Crippen molar-refractivity contribution in [2.45, 2.75) is 12.5 Å². The molecule has 0 amide bonds. The van der Waals surface area contributed by atoms with E-state index >= 15 is 0 Å². The normalized spacial score (nSPS) is 18.9. The average Bonchev–Trinajstić information content (AvgIpc) is 2.90. The van der Waals surface area contributed by atoms with Gasteiger partial charge >= 0.3 is 0 Å². The number of hydrogen-bond donors (Lipinski definition) is 2. The van der Waals surface area contributed by atoms with Gasteiger partial charge in [0.05, 0.1) is 6.10 Å². The molecule has 1 saturated heterocycles. The Hall–Kier alpha value is -0.460. The summed E-state index contributed by atoms with van der Waals surface area (Å²) in [5, 5.41) is 15.6. The first-order chi connectivity index (χ1) is 9.24. The zero-order valence-electron chi connectivity index (χ0n) is 11.7. The standard InChI is InChI=1S/C14H25N3OS/c1-16(7-4-14-3-2-10-19-14)11-13(18)12-17-8-5-15-6-9-17/h2-3,10,13,15,18H,4-9,11-12H2,1H3. The molecule has 0 bridgehead atoms. The maximum absolute atomic E-state index is 10.1. The SMILES string of the molecule is CN(CCc1cccs1)CC(O)CN1CCNCC1. The number of aliphatic hydroxyl groups excluding tert-OH is 1. The van der Waals surface area contributed by atoms with Crippen LogP contribution in [0.4, 0.5) is 0 Å². The van der Waals surface area contributed by atoms with E-state index in [1.54, 1.807) is 0 Å². The van der Waals surface area contributed by atoms with Crippen molar-refractivity contribution in [3.8, 4) is 0 Å². The van der Waals surface area contributed by atoms with Crippen molar-refractivity contribution in [2.75, 3.05) is 52.9 Å². The molecule has 0 radical (unpaired) electrons. The van der Waals surface area contributed by atoms with Crippen LogP contribution in [0.2, 0.25) is 0 Å². The van der Waals surface area contributed by atoms with Crippen LogP contribution < -0.4 is 5.32 Å². The van der Waals surface area contributed by atoms with Crippen LogP contribution in [0.3, 0.4) is 0 Å². The largest absolute Gasteiger partial charge is 0.390 e. The van der Waals surface area contributed by atoms with Gasteiger partial charge in [0.25, 0.3) is 0 Å². The first kappa shape index (κ1) is 14.9. The molecule has 1 fully saturated rings. The molecule has 1 aromatic heterocycles. The topological polar surface area (TPSA) is 38.7 Å². The van der Waals surface area contributed by atoms with Gasteiger partial charge in [-0.25, -0.2) is 0 Å². The number of likely N-dealkylation sites (N-methyl/N-ethyl adjacent to an activating group) is 1. The van der Waals surface area contributed by atoms with E-state index in [1.807, 2.05) is 11.3 Å². The first-order valence-corrected chi connectivity index (χ1v) is 7.94. The van der Waals surface area contributed by atoms with E-state index in [2.05, 4.69) is 39.7 Å². The number of β-amino-alcohol motifs (C(OH)–C–C–N with tert-alkyl or cyclic N) is 1. The summed E-state index contributed by atoms with van der Waals surface area (Å²) in [4.78, 5) is 5.99. The Morgan fingerprint density at radius 2 is 2.26 bits per heavy atom. The van der Waals surface area contributed by atoms with E-state index in [-0.39, 0.29) is 6.10 Å². The molecule has 1 aliphatic rings. The van der Waals surface area contributed by atoms with Crippen molar-refractivity contribution in [3.05, 3.63) is 22.4 Å². The smallest absolute Gasteiger partial charge is 0.0793 e. The molecule has 108 valence electrons. The monoisotopic (exact) mass is 283 g/mol. The van der Waals surface area contributed by atoms with Crippen LogP contribution in [0, 0.1) is 0 Å². The summed E-state index contributed by atoms with van der Waals surface area (Å²) < 4.78 is 0. The van der Waals surface area contributed by atoms with Crippen molar-refractivity contribution < 1.29 is 5.11 Å². The van der Waals surface area contributed by atoms with Gasteiger partial charge in [-0.15, -0.1) is 11.3 Å². The zero-order valence-corrected chi connectivity index (χ0v) is 12.5. The summed E-state index contributed by atoms with van der Waals surface area (Å²) in [6.07, 6.45) is 0.834. The van der Waals surface area contributed by atoms with Crippen LogP contribution >= 0.6 is 11.3 Å². The second-order valence-corrected chi connectivity index (χ2v) is 6.33. The molecule has 2 N–H and O–H groups in total. The van der Waals surface area contributed by atoms with Crippen molar-refractivity contribution in [1.29, 1.82) is 0 Å². The Morgan fingerprint density at radius 3 is 2.95 bits per heavy atom. The van der Waals surface area contributed by atoms with Crippen LogP contribution in [-0.4, -0.2) is 73.9 Å². The number of hydrogen-bond acceptors (Lipinski definition) is 5. The molecule has 4 nitrogen and oxygen atoms in total. The lowest BCUT2D eigenvalue weighted by Crippen LogP contribution is -2.48. The van der Waals surface area contributed by atoms with Crippen LogP contribution in [0.1, 0.15) is 4.88 Å². The summed E-state index contributed by atoms with van der Waals surface area (Å²) in [5.41, 5.74) is 0. The van der Waals surface area contributed by atoms with E-state index in [0.717, 1.165) is 52.2 Å². The van der Waals surface area contributed by atoms with Crippen molar-refractivity contribution in [3.63, 3.8) is 0 Å². The molecule has 2 rings (SSSR count). The second kappa shape index (κ2) is 7.97. The molecule has 0 aliphatic carbocycles. The second-order valence-electron chi connectivity index (χ2n) is 5.30. The van der Waals surface area contributed by atoms with Gasteiger partial charge in [0, 0.05) is 50.7 Å². The first-order valence-electron chi connectivity index (χ1n) is 7.06. The van der Waals surface area contributed by atoms with Crippen LogP contribution in [-0.2, 0) is 6.42 Å². The predicted octanol–water partition coefficient (Wildman–Crippen LogP) is 0.489. The van der Waals surface area contributed by atoms with Gasteiger partial charge in [-0.1, -0.05) is 6.07 Å². The third-order valence-electron chi connectivity index (χ3n) is 3.52. The number of nitrogens with one attached hydrogen (secondary N) is 1. The van der Waals surface area contributed by atoms with Gasteiger partial charge in [-0.2, -0.15) is 0 Å². The predicted molar refractivity (Wildman–Crippen MR) is 80.8 cm³/mol. The highest BCUT2D eigenvalue weighted by molar-refractivity contribution is 7.09. The maximum atomic E-state index is 10.1. The van der Waals surface area contributed by atoms with Crippen LogP contribution in [0.15, 0.2) is 17.5 Å². The summed E-state index contributed by atoms with van der Waals surface area (Å²) in [6, 6.07) is 4.27. The van der Waals surface area contributed by atoms with Crippen LogP contribution in [0.25, 0.3) is 0 Å². The highest BCUT2D eigenvalue weighted by Crippen LogP contribution is 2.09. The summed E-state index contributed by atoms with van der Waals surface area (Å²) >= 11 is 1.81.